The molecule has 1 fully saturated rings. The van der Waals surface area contributed by atoms with Crippen LogP contribution in [-0.2, 0) is 4.74 Å². The molecule has 0 saturated carbocycles. The first-order valence-electron chi connectivity index (χ1n) is 3.35. The zero-order valence-electron chi connectivity index (χ0n) is 6.14. The van der Waals surface area contributed by atoms with E-state index in [0.29, 0.717) is 0 Å². The van der Waals surface area contributed by atoms with Gasteiger partial charge in [0, 0.05) is 0 Å². The van der Waals surface area contributed by atoms with Crippen molar-refractivity contribution in [3.63, 3.8) is 0 Å². The molecule has 1 heterocycles. The van der Waals surface area contributed by atoms with Gasteiger partial charge in [0.05, 0.1) is 6.61 Å². The van der Waals surface area contributed by atoms with Gasteiger partial charge in [0.25, 0.3) is 0 Å². The van der Waals surface area contributed by atoms with E-state index < -0.39 is 24.1 Å². The SMILES string of the molecule is C[C@]1(O)OC[C@@H](O)C(O)C1O. The number of rotatable bonds is 0. The average Bonchev–Trinajstić information content (AvgIpc) is 1.95. The molecule has 66 valence electrons. The van der Waals surface area contributed by atoms with Crippen molar-refractivity contribution in [1.29, 1.82) is 0 Å². The lowest BCUT2D eigenvalue weighted by Crippen LogP contribution is -2.59. The summed E-state index contributed by atoms with van der Waals surface area (Å²) >= 11 is 0. The zero-order valence-corrected chi connectivity index (χ0v) is 6.14. The molecule has 1 rings (SSSR count). The van der Waals surface area contributed by atoms with E-state index in [9.17, 15) is 5.11 Å². The minimum Gasteiger partial charge on any atom is -0.388 e. The average molecular weight is 164 g/mol. The third-order valence-corrected chi connectivity index (χ3v) is 1.81. The first kappa shape index (κ1) is 8.89. The van der Waals surface area contributed by atoms with Crippen molar-refractivity contribution < 1.29 is 25.2 Å². The van der Waals surface area contributed by atoms with Crippen LogP contribution in [0, 0.1) is 0 Å². The van der Waals surface area contributed by atoms with E-state index >= 15 is 0 Å². The van der Waals surface area contributed by atoms with E-state index in [2.05, 4.69) is 4.74 Å². The van der Waals surface area contributed by atoms with Gasteiger partial charge >= 0.3 is 0 Å². The van der Waals surface area contributed by atoms with Crippen LogP contribution >= 0.6 is 0 Å². The zero-order chi connectivity index (χ0) is 8.65. The molecule has 2 unspecified atom stereocenters. The van der Waals surface area contributed by atoms with E-state index in [1.165, 1.54) is 6.92 Å². The van der Waals surface area contributed by atoms with Crippen LogP contribution in [0.4, 0.5) is 0 Å². The highest BCUT2D eigenvalue weighted by Gasteiger charge is 2.44. The fourth-order valence-electron chi connectivity index (χ4n) is 0.965. The minimum atomic E-state index is -1.77. The Labute approximate surface area is 63.8 Å². The Balaban J connectivity index is 2.67. The molecule has 4 N–H and O–H groups in total. The van der Waals surface area contributed by atoms with Crippen LogP contribution in [0.15, 0.2) is 0 Å². The van der Waals surface area contributed by atoms with Crippen LogP contribution in [0.1, 0.15) is 6.92 Å². The van der Waals surface area contributed by atoms with Gasteiger partial charge in [-0.2, -0.15) is 0 Å². The van der Waals surface area contributed by atoms with Gasteiger partial charge in [0.15, 0.2) is 5.79 Å². The molecule has 1 aliphatic heterocycles. The van der Waals surface area contributed by atoms with E-state index in [4.69, 9.17) is 15.3 Å². The maximum atomic E-state index is 9.19. The van der Waals surface area contributed by atoms with Crippen molar-refractivity contribution in [3.8, 4) is 0 Å². The van der Waals surface area contributed by atoms with Crippen molar-refractivity contribution in [1.82, 2.24) is 0 Å². The minimum absolute atomic E-state index is 0.175. The predicted molar refractivity (Wildman–Crippen MR) is 34.6 cm³/mol. The van der Waals surface area contributed by atoms with Gasteiger partial charge < -0.3 is 25.2 Å². The molecule has 0 aromatic rings. The first-order valence-corrected chi connectivity index (χ1v) is 3.35. The van der Waals surface area contributed by atoms with Gasteiger partial charge in [-0.3, -0.25) is 0 Å². The van der Waals surface area contributed by atoms with Crippen molar-refractivity contribution in [2.24, 2.45) is 0 Å². The van der Waals surface area contributed by atoms with E-state index in [0.717, 1.165) is 0 Å². The lowest BCUT2D eigenvalue weighted by Gasteiger charge is -2.39. The summed E-state index contributed by atoms with van der Waals surface area (Å²) in [4.78, 5) is 0. The van der Waals surface area contributed by atoms with Crippen LogP contribution in [0.25, 0.3) is 0 Å². The Bertz CT molecular complexity index is 146. The molecule has 1 aliphatic rings. The number of hydrogen-bond donors (Lipinski definition) is 4. The predicted octanol–water partition coefficient (Wildman–Crippen LogP) is -2.19. The number of aliphatic hydroxyl groups is 4. The highest BCUT2D eigenvalue weighted by atomic mass is 16.6. The Hall–Kier alpha value is -0.200. The molecule has 0 spiro atoms. The maximum Gasteiger partial charge on any atom is 0.191 e. The van der Waals surface area contributed by atoms with Crippen LogP contribution < -0.4 is 0 Å². The summed E-state index contributed by atoms with van der Waals surface area (Å²) in [5.74, 6) is -1.77. The molecule has 0 aliphatic carbocycles. The molecule has 0 aromatic carbocycles. The fraction of sp³-hybridized carbons (Fsp3) is 1.00. The van der Waals surface area contributed by atoms with Crippen LogP contribution in [0.3, 0.4) is 0 Å². The van der Waals surface area contributed by atoms with Gasteiger partial charge in [0.1, 0.15) is 18.3 Å². The largest absolute Gasteiger partial charge is 0.388 e. The number of ether oxygens (including phenoxy) is 1. The normalized spacial score (nSPS) is 52.6. The molecule has 11 heavy (non-hydrogen) atoms. The first-order chi connectivity index (χ1) is 4.95. The lowest BCUT2D eigenvalue weighted by atomic mass is 9.98. The maximum absolute atomic E-state index is 9.19. The second-order valence-corrected chi connectivity index (χ2v) is 2.87. The molecular weight excluding hydrogens is 152 g/mol. The standard InChI is InChI=1S/C6H12O5/c1-6(10)5(9)4(8)3(7)2-11-6/h3-5,7-10H,2H2,1H3/t3-,4?,5?,6+/m1/s1. The summed E-state index contributed by atoms with van der Waals surface area (Å²) < 4.78 is 4.66. The quantitative estimate of drug-likeness (QED) is 0.326. The molecule has 5 heteroatoms. The molecule has 1 saturated heterocycles. The molecule has 0 bridgehead atoms. The third kappa shape index (κ3) is 1.52. The highest BCUT2D eigenvalue weighted by Crippen LogP contribution is 2.22. The van der Waals surface area contributed by atoms with Crippen molar-refractivity contribution in [3.05, 3.63) is 0 Å². The summed E-state index contributed by atoms with van der Waals surface area (Å²) in [6, 6.07) is 0. The summed E-state index contributed by atoms with van der Waals surface area (Å²) in [5, 5.41) is 36.3. The van der Waals surface area contributed by atoms with Gasteiger partial charge in [-0.15, -0.1) is 0 Å². The molecule has 0 radical (unpaired) electrons. The highest BCUT2D eigenvalue weighted by molar-refractivity contribution is 4.88. The van der Waals surface area contributed by atoms with Crippen LogP contribution in [-0.4, -0.2) is 51.1 Å². The van der Waals surface area contributed by atoms with Crippen molar-refractivity contribution in [2.75, 3.05) is 6.61 Å². The molecular formula is C6H12O5. The fourth-order valence-corrected chi connectivity index (χ4v) is 0.965. The van der Waals surface area contributed by atoms with Gasteiger partial charge in [-0.1, -0.05) is 0 Å². The summed E-state index contributed by atoms with van der Waals surface area (Å²) in [6.45, 7) is 1.05. The Kier molecular flexibility index (Phi) is 2.17. The Morgan fingerprint density at radius 2 is 1.91 bits per heavy atom. The van der Waals surface area contributed by atoms with Gasteiger partial charge in [-0.25, -0.2) is 0 Å². The Morgan fingerprint density at radius 3 is 2.36 bits per heavy atom. The van der Waals surface area contributed by atoms with E-state index in [1.807, 2.05) is 0 Å². The van der Waals surface area contributed by atoms with Crippen LogP contribution in [0.2, 0.25) is 0 Å². The molecule has 0 aromatic heterocycles. The smallest absolute Gasteiger partial charge is 0.191 e. The number of aliphatic hydroxyl groups excluding tert-OH is 3. The second-order valence-electron chi connectivity index (χ2n) is 2.87. The summed E-state index contributed by atoms with van der Waals surface area (Å²) in [7, 11) is 0. The van der Waals surface area contributed by atoms with Crippen molar-refractivity contribution >= 4 is 0 Å². The molecule has 5 nitrogen and oxygen atoms in total. The van der Waals surface area contributed by atoms with Crippen molar-refractivity contribution in [2.45, 2.75) is 31.0 Å². The summed E-state index contributed by atoms with van der Waals surface area (Å²) in [6.07, 6.45) is -3.95. The van der Waals surface area contributed by atoms with Gasteiger partial charge in [-0.05, 0) is 6.92 Å². The lowest BCUT2D eigenvalue weighted by molar-refractivity contribution is -0.312. The third-order valence-electron chi connectivity index (χ3n) is 1.81. The topological polar surface area (TPSA) is 90.2 Å². The molecule has 0 amide bonds. The Morgan fingerprint density at radius 1 is 1.36 bits per heavy atom. The number of hydrogen-bond acceptors (Lipinski definition) is 5. The second kappa shape index (κ2) is 2.69. The van der Waals surface area contributed by atoms with Crippen LogP contribution in [0.5, 0.6) is 0 Å². The van der Waals surface area contributed by atoms with E-state index in [-0.39, 0.29) is 6.61 Å². The van der Waals surface area contributed by atoms with Gasteiger partial charge in [0.2, 0.25) is 0 Å². The molecule has 4 atom stereocenters. The summed E-state index contributed by atoms with van der Waals surface area (Å²) in [5.41, 5.74) is 0. The van der Waals surface area contributed by atoms with E-state index in [1.54, 1.807) is 0 Å². The monoisotopic (exact) mass is 164 g/mol.